The Kier molecular flexibility index (Phi) is 2.61. The van der Waals surface area contributed by atoms with Crippen molar-refractivity contribution in [3.8, 4) is 0 Å². The van der Waals surface area contributed by atoms with Crippen LogP contribution in [0, 0.1) is 0 Å². The van der Waals surface area contributed by atoms with Gasteiger partial charge in [0.1, 0.15) is 17.1 Å². The van der Waals surface area contributed by atoms with E-state index >= 15 is 0 Å². The Morgan fingerprint density at radius 1 is 1.47 bits per heavy atom. The standard InChI is InChI=1S/C12H12ClN3O/c13-11-10-3-4-16(12(10)15-7-14-11)9-2-1-8(5-9)6-17/h3-5,7,9,17H,1-2,6H2. The summed E-state index contributed by atoms with van der Waals surface area (Å²) < 4.78 is 2.09. The zero-order valence-corrected chi connectivity index (χ0v) is 9.93. The first-order chi connectivity index (χ1) is 8.29. The highest BCUT2D eigenvalue weighted by Gasteiger charge is 2.19. The van der Waals surface area contributed by atoms with E-state index in [-0.39, 0.29) is 12.6 Å². The van der Waals surface area contributed by atoms with Crippen LogP contribution in [0.2, 0.25) is 5.15 Å². The van der Waals surface area contributed by atoms with Crippen LogP contribution in [0.25, 0.3) is 11.0 Å². The predicted molar refractivity (Wildman–Crippen MR) is 66.0 cm³/mol. The number of nitrogens with zero attached hydrogens (tertiary/aromatic N) is 3. The summed E-state index contributed by atoms with van der Waals surface area (Å²) in [4.78, 5) is 8.24. The summed E-state index contributed by atoms with van der Waals surface area (Å²) in [5.41, 5.74) is 1.95. The van der Waals surface area contributed by atoms with Gasteiger partial charge in [-0.1, -0.05) is 17.7 Å². The molecule has 0 spiro atoms. The van der Waals surface area contributed by atoms with Gasteiger partial charge >= 0.3 is 0 Å². The summed E-state index contributed by atoms with van der Waals surface area (Å²) in [6.07, 6.45) is 7.51. The van der Waals surface area contributed by atoms with Crippen LogP contribution in [-0.4, -0.2) is 26.2 Å². The minimum Gasteiger partial charge on any atom is -0.392 e. The molecule has 5 heteroatoms. The quantitative estimate of drug-likeness (QED) is 0.657. The lowest BCUT2D eigenvalue weighted by Crippen LogP contribution is -2.02. The molecule has 0 saturated heterocycles. The number of rotatable bonds is 2. The van der Waals surface area contributed by atoms with Crippen LogP contribution in [0.5, 0.6) is 0 Å². The highest BCUT2D eigenvalue weighted by molar-refractivity contribution is 6.33. The average Bonchev–Trinajstić information content (AvgIpc) is 2.94. The summed E-state index contributed by atoms with van der Waals surface area (Å²) in [7, 11) is 0. The van der Waals surface area contributed by atoms with Gasteiger partial charge in [0, 0.05) is 6.20 Å². The number of halogens is 1. The zero-order chi connectivity index (χ0) is 11.8. The summed E-state index contributed by atoms with van der Waals surface area (Å²) in [5.74, 6) is 0. The average molecular weight is 250 g/mol. The Hall–Kier alpha value is -1.39. The molecule has 0 aromatic carbocycles. The molecule has 0 saturated carbocycles. The van der Waals surface area contributed by atoms with Crippen molar-refractivity contribution in [2.45, 2.75) is 18.9 Å². The molecule has 2 aromatic rings. The summed E-state index contributed by atoms with van der Waals surface area (Å²) >= 11 is 6.01. The molecule has 1 N–H and O–H groups in total. The fourth-order valence-electron chi connectivity index (χ4n) is 2.33. The lowest BCUT2D eigenvalue weighted by molar-refractivity contribution is 0.328. The number of aromatic nitrogens is 3. The molecule has 1 aliphatic carbocycles. The van der Waals surface area contributed by atoms with Crippen LogP contribution in [0.3, 0.4) is 0 Å². The minimum absolute atomic E-state index is 0.144. The van der Waals surface area contributed by atoms with Gasteiger partial charge in [0.25, 0.3) is 0 Å². The van der Waals surface area contributed by atoms with Crippen molar-refractivity contribution in [1.82, 2.24) is 14.5 Å². The second-order valence-corrected chi connectivity index (χ2v) is 4.57. The molecule has 88 valence electrons. The van der Waals surface area contributed by atoms with Gasteiger partial charge in [-0.15, -0.1) is 0 Å². The molecule has 0 fully saturated rings. The maximum atomic E-state index is 9.11. The van der Waals surface area contributed by atoms with E-state index in [1.54, 1.807) is 0 Å². The van der Waals surface area contributed by atoms with Crippen molar-refractivity contribution in [3.05, 3.63) is 35.4 Å². The van der Waals surface area contributed by atoms with Gasteiger partial charge in [0.15, 0.2) is 0 Å². The Morgan fingerprint density at radius 2 is 2.35 bits per heavy atom. The Labute approximate surface area is 104 Å². The topological polar surface area (TPSA) is 50.9 Å². The number of aliphatic hydroxyl groups excluding tert-OH is 1. The normalized spacial score (nSPS) is 19.9. The van der Waals surface area contributed by atoms with E-state index in [1.807, 2.05) is 12.3 Å². The molecule has 3 rings (SSSR count). The van der Waals surface area contributed by atoms with Crippen LogP contribution in [0.4, 0.5) is 0 Å². The van der Waals surface area contributed by atoms with Gasteiger partial charge in [-0.05, 0) is 24.5 Å². The molecular weight excluding hydrogens is 238 g/mol. The summed E-state index contributed by atoms with van der Waals surface area (Å²) in [6, 6.07) is 2.20. The van der Waals surface area contributed by atoms with E-state index in [2.05, 4.69) is 20.6 Å². The van der Waals surface area contributed by atoms with Crippen molar-refractivity contribution in [1.29, 1.82) is 0 Å². The van der Waals surface area contributed by atoms with Crippen LogP contribution in [0.1, 0.15) is 18.9 Å². The Morgan fingerprint density at radius 3 is 3.12 bits per heavy atom. The smallest absolute Gasteiger partial charge is 0.145 e. The molecule has 1 atom stereocenters. The number of hydrogen-bond acceptors (Lipinski definition) is 3. The van der Waals surface area contributed by atoms with Crippen LogP contribution in [0.15, 0.2) is 30.2 Å². The van der Waals surface area contributed by atoms with Crippen LogP contribution in [-0.2, 0) is 0 Å². The molecule has 0 bridgehead atoms. The van der Waals surface area contributed by atoms with E-state index in [9.17, 15) is 0 Å². The lowest BCUT2D eigenvalue weighted by atomic mass is 10.2. The van der Waals surface area contributed by atoms with Gasteiger partial charge in [-0.3, -0.25) is 0 Å². The fraction of sp³-hybridized carbons (Fsp3) is 0.333. The van der Waals surface area contributed by atoms with E-state index < -0.39 is 0 Å². The molecule has 0 amide bonds. The molecule has 1 aliphatic rings. The highest BCUT2D eigenvalue weighted by Crippen LogP contribution is 2.31. The van der Waals surface area contributed by atoms with Crippen LogP contribution < -0.4 is 0 Å². The van der Waals surface area contributed by atoms with Gasteiger partial charge in [-0.25, -0.2) is 9.97 Å². The number of aliphatic hydroxyl groups is 1. The maximum Gasteiger partial charge on any atom is 0.145 e. The first kappa shape index (κ1) is 10.7. The van der Waals surface area contributed by atoms with Gasteiger partial charge in [0.05, 0.1) is 18.0 Å². The van der Waals surface area contributed by atoms with E-state index in [0.29, 0.717) is 5.15 Å². The molecule has 2 aromatic heterocycles. The monoisotopic (exact) mass is 249 g/mol. The van der Waals surface area contributed by atoms with E-state index in [1.165, 1.54) is 6.33 Å². The summed E-state index contributed by atoms with van der Waals surface area (Å²) in [5, 5.41) is 10.5. The van der Waals surface area contributed by atoms with Crippen molar-refractivity contribution in [3.63, 3.8) is 0 Å². The molecule has 1 unspecified atom stereocenters. The second kappa shape index (κ2) is 4.13. The van der Waals surface area contributed by atoms with E-state index in [0.717, 1.165) is 29.4 Å². The fourth-order valence-corrected chi connectivity index (χ4v) is 2.52. The van der Waals surface area contributed by atoms with Crippen molar-refractivity contribution >= 4 is 22.6 Å². The molecule has 0 radical (unpaired) electrons. The Balaban J connectivity index is 2.07. The third-order valence-corrected chi connectivity index (χ3v) is 3.51. The lowest BCUT2D eigenvalue weighted by Gasteiger charge is -2.10. The maximum absolute atomic E-state index is 9.11. The first-order valence-corrected chi connectivity index (χ1v) is 5.95. The largest absolute Gasteiger partial charge is 0.392 e. The predicted octanol–water partition coefficient (Wildman–Crippen LogP) is 2.34. The van der Waals surface area contributed by atoms with Gasteiger partial charge < -0.3 is 9.67 Å². The van der Waals surface area contributed by atoms with Gasteiger partial charge in [0.2, 0.25) is 0 Å². The van der Waals surface area contributed by atoms with Crippen LogP contribution >= 0.6 is 11.6 Å². The minimum atomic E-state index is 0.144. The molecular formula is C12H12ClN3O. The van der Waals surface area contributed by atoms with Crippen molar-refractivity contribution < 1.29 is 5.11 Å². The highest BCUT2D eigenvalue weighted by atomic mass is 35.5. The van der Waals surface area contributed by atoms with Crippen molar-refractivity contribution in [2.24, 2.45) is 0 Å². The molecule has 17 heavy (non-hydrogen) atoms. The Bertz CT molecular complexity index is 590. The zero-order valence-electron chi connectivity index (χ0n) is 9.17. The SMILES string of the molecule is OCC1=CC(n2ccc3c(Cl)ncnc32)CC1. The molecule has 2 heterocycles. The number of fused-ring (bicyclic) bond motifs is 1. The number of hydrogen-bond donors (Lipinski definition) is 1. The van der Waals surface area contributed by atoms with E-state index in [4.69, 9.17) is 16.7 Å². The third kappa shape index (κ3) is 1.73. The molecule has 4 nitrogen and oxygen atoms in total. The number of allylic oxidation sites excluding steroid dienone is 1. The van der Waals surface area contributed by atoms with Crippen molar-refractivity contribution in [2.75, 3.05) is 6.61 Å². The molecule has 0 aliphatic heterocycles. The first-order valence-electron chi connectivity index (χ1n) is 5.57. The third-order valence-electron chi connectivity index (χ3n) is 3.21. The van der Waals surface area contributed by atoms with Gasteiger partial charge in [-0.2, -0.15) is 0 Å². The second-order valence-electron chi connectivity index (χ2n) is 4.21. The summed E-state index contributed by atoms with van der Waals surface area (Å²) in [6.45, 7) is 0.144.